The average molecular weight is 214 g/mol. The van der Waals surface area contributed by atoms with E-state index in [2.05, 4.69) is 12.2 Å². The molecule has 4 atom stereocenters. The number of carbonyl (C=O) groups excluding carboxylic acids is 1. The van der Waals surface area contributed by atoms with Gasteiger partial charge >= 0.3 is 0 Å². The van der Waals surface area contributed by atoms with Gasteiger partial charge in [-0.15, -0.1) is 0 Å². The third-order valence-electron chi connectivity index (χ3n) is 5.82. The standard InChI is InChI=1S/C14H14O2/c15-11-3-8-4-13-2-1-9-6-16-7-10(9)14(13,5-8)12(11)13/h1-2,8,12H,3-7H2/t8-,12?,13-,14-/m1/s1. The number of rotatable bonds is 0. The molecule has 6 rings (SSSR count). The van der Waals surface area contributed by atoms with Crippen molar-refractivity contribution >= 4 is 5.78 Å². The van der Waals surface area contributed by atoms with Crippen molar-refractivity contribution in [2.45, 2.75) is 19.3 Å². The molecule has 0 radical (unpaired) electrons. The molecule has 1 aliphatic heterocycles. The first kappa shape index (κ1) is 8.24. The van der Waals surface area contributed by atoms with E-state index in [-0.39, 0.29) is 10.8 Å². The molecule has 1 heterocycles. The van der Waals surface area contributed by atoms with Gasteiger partial charge in [-0.3, -0.25) is 4.79 Å². The van der Waals surface area contributed by atoms with Gasteiger partial charge in [-0.25, -0.2) is 0 Å². The minimum absolute atomic E-state index is 0.244. The molecule has 4 saturated carbocycles. The lowest BCUT2D eigenvalue weighted by Gasteiger charge is -2.26. The molecular weight excluding hydrogens is 200 g/mol. The summed E-state index contributed by atoms with van der Waals surface area (Å²) in [5, 5.41) is 0. The number of hydrogen-bond donors (Lipinski definition) is 0. The predicted octanol–water partition coefficient (Wildman–Crippen LogP) is 1.87. The van der Waals surface area contributed by atoms with Gasteiger partial charge in [0.05, 0.1) is 13.2 Å². The molecule has 4 fully saturated rings. The van der Waals surface area contributed by atoms with Gasteiger partial charge in [0.25, 0.3) is 0 Å². The van der Waals surface area contributed by atoms with Gasteiger partial charge < -0.3 is 4.74 Å². The molecule has 6 aliphatic rings. The molecule has 16 heavy (non-hydrogen) atoms. The number of allylic oxidation sites excluding steroid dienone is 1. The summed E-state index contributed by atoms with van der Waals surface area (Å²) in [5.74, 6) is 1.53. The number of ether oxygens (including phenoxy) is 1. The van der Waals surface area contributed by atoms with Gasteiger partial charge in [0.2, 0.25) is 0 Å². The van der Waals surface area contributed by atoms with E-state index in [4.69, 9.17) is 4.74 Å². The largest absolute Gasteiger partial charge is 0.372 e. The molecule has 2 heteroatoms. The van der Waals surface area contributed by atoms with Crippen LogP contribution in [-0.4, -0.2) is 19.0 Å². The van der Waals surface area contributed by atoms with Crippen molar-refractivity contribution in [1.82, 2.24) is 0 Å². The van der Waals surface area contributed by atoms with E-state index in [1.165, 1.54) is 24.0 Å². The second-order valence-corrected chi connectivity index (χ2v) is 6.22. The van der Waals surface area contributed by atoms with Crippen LogP contribution in [0.1, 0.15) is 19.3 Å². The van der Waals surface area contributed by atoms with Crippen molar-refractivity contribution in [3.63, 3.8) is 0 Å². The first-order valence-corrected chi connectivity index (χ1v) is 6.30. The quantitative estimate of drug-likeness (QED) is 0.615. The lowest BCUT2D eigenvalue weighted by Crippen LogP contribution is -2.26. The number of ketones is 1. The highest BCUT2D eigenvalue weighted by atomic mass is 16.5. The molecule has 82 valence electrons. The van der Waals surface area contributed by atoms with Crippen molar-refractivity contribution < 1.29 is 9.53 Å². The number of Topliss-reactive ketones (excluding diaryl/α,β-unsaturated/α-hetero) is 1. The summed E-state index contributed by atoms with van der Waals surface area (Å²) in [6.07, 6.45) is 7.99. The van der Waals surface area contributed by atoms with E-state index in [0.29, 0.717) is 17.6 Å². The Labute approximate surface area is 94.4 Å². The van der Waals surface area contributed by atoms with Crippen molar-refractivity contribution in [2.24, 2.45) is 22.7 Å². The SMILES string of the molecule is O=C1C[C@@H]2C[C@@]34C=CC5=C(COC5)[C@]3(C2)C14. The number of hydrogen-bond acceptors (Lipinski definition) is 2. The third kappa shape index (κ3) is 0.569. The van der Waals surface area contributed by atoms with Crippen LogP contribution in [0.5, 0.6) is 0 Å². The fraction of sp³-hybridized carbons (Fsp3) is 0.643. The third-order valence-corrected chi connectivity index (χ3v) is 5.82. The average Bonchev–Trinajstić information content (AvgIpc) is 2.62. The van der Waals surface area contributed by atoms with E-state index in [1.807, 2.05) is 0 Å². The highest BCUT2D eigenvalue weighted by molar-refractivity contribution is 5.92. The summed E-state index contributed by atoms with van der Waals surface area (Å²) in [5.41, 5.74) is 3.37. The molecule has 0 aromatic rings. The maximum atomic E-state index is 12.1. The van der Waals surface area contributed by atoms with E-state index in [0.717, 1.165) is 19.6 Å². The van der Waals surface area contributed by atoms with E-state index >= 15 is 0 Å². The maximum absolute atomic E-state index is 12.1. The van der Waals surface area contributed by atoms with Crippen molar-refractivity contribution in [2.75, 3.05) is 13.2 Å². The van der Waals surface area contributed by atoms with Gasteiger partial charge in [-0.2, -0.15) is 0 Å². The van der Waals surface area contributed by atoms with Crippen LogP contribution in [0, 0.1) is 22.7 Å². The van der Waals surface area contributed by atoms with Crippen LogP contribution in [0.25, 0.3) is 0 Å². The summed E-state index contributed by atoms with van der Waals surface area (Å²) < 4.78 is 5.59. The molecule has 0 N–H and O–H groups in total. The smallest absolute Gasteiger partial charge is 0.138 e. The molecule has 0 saturated heterocycles. The molecule has 1 unspecified atom stereocenters. The first-order chi connectivity index (χ1) is 7.78. The van der Waals surface area contributed by atoms with E-state index < -0.39 is 0 Å². The van der Waals surface area contributed by atoms with Gasteiger partial charge in [-0.05, 0) is 29.9 Å². The lowest BCUT2D eigenvalue weighted by atomic mass is 9.77. The molecule has 2 nitrogen and oxygen atoms in total. The zero-order valence-electron chi connectivity index (χ0n) is 9.16. The Hall–Kier alpha value is -0.890. The number of fused-ring (bicyclic) bond motifs is 1. The summed E-state index contributed by atoms with van der Waals surface area (Å²) in [4.78, 5) is 12.1. The molecule has 0 aromatic carbocycles. The van der Waals surface area contributed by atoms with Crippen LogP contribution >= 0.6 is 0 Å². The van der Waals surface area contributed by atoms with Crippen molar-refractivity contribution in [3.05, 3.63) is 23.3 Å². The van der Waals surface area contributed by atoms with Gasteiger partial charge in [0.1, 0.15) is 5.78 Å². The molecule has 0 aromatic heterocycles. The van der Waals surface area contributed by atoms with E-state index in [1.54, 1.807) is 0 Å². The number of carbonyl (C=O) groups is 1. The Morgan fingerprint density at radius 2 is 2.25 bits per heavy atom. The van der Waals surface area contributed by atoms with Crippen LogP contribution in [0.4, 0.5) is 0 Å². The minimum atomic E-state index is 0.244. The summed E-state index contributed by atoms with van der Waals surface area (Å²) in [7, 11) is 0. The Kier molecular flexibility index (Phi) is 1.07. The van der Waals surface area contributed by atoms with Crippen LogP contribution < -0.4 is 0 Å². The monoisotopic (exact) mass is 214 g/mol. The fourth-order valence-electron chi connectivity index (χ4n) is 5.49. The Balaban J connectivity index is 1.78. The van der Waals surface area contributed by atoms with Crippen LogP contribution in [0.15, 0.2) is 23.3 Å². The molecular formula is C14H14O2. The Morgan fingerprint density at radius 3 is 3.12 bits per heavy atom. The second kappa shape index (κ2) is 2.08. The summed E-state index contributed by atoms with van der Waals surface area (Å²) in [6, 6.07) is 0. The normalized spacial score (nSPS) is 55.4. The maximum Gasteiger partial charge on any atom is 0.138 e. The summed E-state index contributed by atoms with van der Waals surface area (Å²) in [6.45, 7) is 1.56. The van der Waals surface area contributed by atoms with Crippen LogP contribution in [0.2, 0.25) is 0 Å². The van der Waals surface area contributed by atoms with Crippen molar-refractivity contribution in [3.8, 4) is 0 Å². The minimum Gasteiger partial charge on any atom is -0.372 e. The van der Waals surface area contributed by atoms with E-state index in [9.17, 15) is 4.79 Å². The van der Waals surface area contributed by atoms with Crippen LogP contribution in [-0.2, 0) is 9.53 Å². The summed E-state index contributed by atoms with van der Waals surface area (Å²) >= 11 is 0. The first-order valence-electron chi connectivity index (χ1n) is 6.30. The van der Waals surface area contributed by atoms with Gasteiger partial charge in [-0.1, -0.05) is 12.2 Å². The highest BCUT2D eigenvalue weighted by Crippen LogP contribution is 2.87. The zero-order chi connectivity index (χ0) is 10.5. The molecule has 2 spiro atoms. The Morgan fingerprint density at radius 1 is 1.31 bits per heavy atom. The van der Waals surface area contributed by atoms with Crippen molar-refractivity contribution in [1.29, 1.82) is 0 Å². The molecule has 4 bridgehead atoms. The fourth-order valence-corrected chi connectivity index (χ4v) is 5.49. The lowest BCUT2D eigenvalue weighted by molar-refractivity contribution is -0.125. The van der Waals surface area contributed by atoms with Crippen LogP contribution in [0.3, 0.4) is 0 Å². The highest BCUT2D eigenvalue weighted by Gasteiger charge is 2.85. The molecule has 5 aliphatic carbocycles. The van der Waals surface area contributed by atoms with Gasteiger partial charge in [0, 0.05) is 23.2 Å². The molecule has 0 amide bonds. The predicted molar refractivity (Wildman–Crippen MR) is 57.7 cm³/mol. The zero-order valence-corrected chi connectivity index (χ0v) is 9.16. The second-order valence-electron chi connectivity index (χ2n) is 6.22. The topological polar surface area (TPSA) is 26.3 Å². The Bertz CT molecular complexity index is 501. The van der Waals surface area contributed by atoms with Gasteiger partial charge in [0.15, 0.2) is 0 Å².